The second-order valence-electron chi connectivity index (χ2n) is 9.57. The van der Waals surface area contributed by atoms with Crippen LogP contribution in [0.4, 0.5) is 0 Å². The van der Waals surface area contributed by atoms with Crippen LogP contribution in [0.3, 0.4) is 0 Å². The Morgan fingerprint density at radius 2 is 1.78 bits per heavy atom. The first-order chi connectivity index (χ1) is 18.1. The lowest BCUT2D eigenvalue weighted by atomic mass is 9.89. The Bertz CT molecular complexity index is 1290. The average Bonchev–Trinajstić information content (AvgIpc) is 3.37. The fourth-order valence-corrected chi connectivity index (χ4v) is 4.77. The predicted octanol–water partition coefficient (Wildman–Crippen LogP) is 3.58. The molecule has 1 atom stereocenters. The van der Waals surface area contributed by atoms with Gasteiger partial charge in [-0.05, 0) is 73.7 Å². The molecular formula is C29H32N6O2. The first-order valence-corrected chi connectivity index (χ1v) is 12.7. The molecule has 0 radical (unpaired) electrons. The highest BCUT2D eigenvalue weighted by Gasteiger charge is 2.23. The van der Waals surface area contributed by atoms with Crippen molar-refractivity contribution in [1.82, 2.24) is 24.9 Å². The van der Waals surface area contributed by atoms with E-state index in [1.54, 1.807) is 6.20 Å². The molecule has 2 aromatic heterocycles. The molecule has 1 aliphatic rings. The van der Waals surface area contributed by atoms with Crippen LogP contribution in [0, 0.1) is 0 Å². The number of likely N-dealkylation sites (tertiary alicyclic amines) is 1. The maximum Gasteiger partial charge on any atom is 0.328 e. The molecule has 1 fully saturated rings. The molecule has 0 spiro atoms. The van der Waals surface area contributed by atoms with E-state index in [0.717, 1.165) is 49.4 Å². The van der Waals surface area contributed by atoms with Gasteiger partial charge in [0, 0.05) is 12.7 Å². The number of hydrogen-bond donors (Lipinski definition) is 1. The number of nitrogens with zero attached hydrogens (tertiary/aromatic N) is 5. The van der Waals surface area contributed by atoms with Gasteiger partial charge in [-0.15, -0.1) is 5.10 Å². The Morgan fingerprint density at radius 1 is 0.973 bits per heavy atom. The fraction of sp³-hybridized carbons (Fsp3) is 0.310. The van der Waals surface area contributed by atoms with Crippen molar-refractivity contribution >= 4 is 5.97 Å². The Balaban J connectivity index is 1.11. The Morgan fingerprint density at radius 3 is 2.57 bits per heavy atom. The maximum atomic E-state index is 12.6. The normalized spacial score (nSPS) is 15.4. The summed E-state index contributed by atoms with van der Waals surface area (Å²) in [4.78, 5) is 19.3. The molecular weight excluding hydrogens is 464 g/mol. The van der Waals surface area contributed by atoms with E-state index in [2.05, 4.69) is 26.3 Å². The maximum absolute atomic E-state index is 12.6. The number of carbonyl (C=O) groups is 1. The number of esters is 1. The molecule has 190 valence electrons. The van der Waals surface area contributed by atoms with Gasteiger partial charge < -0.3 is 10.5 Å². The number of aromatic nitrogens is 4. The van der Waals surface area contributed by atoms with Crippen molar-refractivity contribution in [2.45, 2.75) is 44.3 Å². The summed E-state index contributed by atoms with van der Waals surface area (Å²) in [5.41, 5.74) is 10.2. The highest BCUT2D eigenvalue weighted by Crippen LogP contribution is 2.30. The van der Waals surface area contributed by atoms with Crippen molar-refractivity contribution in [2.24, 2.45) is 5.73 Å². The van der Waals surface area contributed by atoms with Gasteiger partial charge >= 0.3 is 5.97 Å². The third-order valence-electron chi connectivity index (χ3n) is 6.76. The first kappa shape index (κ1) is 24.8. The second-order valence-corrected chi connectivity index (χ2v) is 9.57. The lowest BCUT2D eigenvalue weighted by Crippen LogP contribution is -2.36. The quantitative estimate of drug-likeness (QED) is 0.279. The van der Waals surface area contributed by atoms with Crippen LogP contribution in [0.25, 0.3) is 0 Å². The first-order valence-electron chi connectivity index (χ1n) is 12.7. The molecule has 2 N–H and O–H groups in total. The van der Waals surface area contributed by atoms with Crippen molar-refractivity contribution in [2.75, 3.05) is 13.1 Å². The number of hydrogen-bond acceptors (Lipinski definition) is 7. The zero-order chi connectivity index (χ0) is 25.5. The van der Waals surface area contributed by atoms with Crippen LogP contribution < -0.4 is 10.5 Å². The van der Waals surface area contributed by atoms with Gasteiger partial charge in [-0.3, -0.25) is 9.88 Å². The summed E-state index contributed by atoms with van der Waals surface area (Å²) in [6.07, 6.45) is 6.31. The lowest BCUT2D eigenvalue weighted by Gasteiger charge is -2.31. The molecule has 5 rings (SSSR count). The minimum absolute atomic E-state index is 0.410. The van der Waals surface area contributed by atoms with E-state index in [4.69, 9.17) is 10.5 Å². The highest BCUT2D eigenvalue weighted by molar-refractivity contribution is 5.78. The number of pyridine rings is 1. The number of nitrogens with two attached hydrogens (primary N) is 1. The molecule has 2 aromatic carbocycles. The Labute approximate surface area is 217 Å². The van der Waals surface area contributed by atoms with E-state index >= 15 is 0 Å². The van der Waals surface area contributed by atoms with Crippen LogP contribution in [-0.4, -0.2) is 50.0 Å². The number of carbonyl (C=O) groups excluding carboxylic acids is 1. The van der Waals surface area contributed by atoms with Crippen LogP contribution in [0.1, 0.15) is 41.3 Å². The van der Waals surface area contributed by atoms with Crippen LogP contribution in [0.5, 0.6) is 5.75 Å². The largest absolute Gasteiger partial charge is 0.425 e. The van der Waals surface area contributed by atoms with Gasteiger partial charge in [0.15, 0.2) is 0 Å². The Kier molecular flexibility index (Phi) is 7.98. The van der Waals surface area contributed by atoms with E-state index in [1.807, 2.05) is 77.6 Å². The molecule has 4 aromatic rings. The summed E-state index contributed by atoms with van der Waals surface area (Å²) in [6, 6.07) is 22.8. The highest BCUT2D eigenvalue weighted by atomic mass is 16.5. The van der Waals surface area contributed by atoms with Crippen LogP contribution in [0.2, 0.25) is 0 Å². The summed E-state index contributed by atoms with van der Waals surface area (Å²) in [6.45, 7) is 3.35. The molecule has 37 heavy (non-hydrogen) atoms. The van der Waals surface area contributed by atoms with Crippen molar-refractivity contribution in [3.05, 3.63) is 108 Å². The van der Waals surface area contributed by atoms with Crippen molar-refractivity contribution in [3.63, 3.8) is 0 Å². The van der Waals surface area contributed by atoms with E-state index in [0.29, 0.717) is 24.6 Å². The van der Waals surface area contributed by atoms with Gasteiger partial charge in [-0.25, -0.2) is 9.48 Å². The minimum atomic E-state index is -0.698. The summed E-state index contributed by atoms with van der Waals surface area (Å²) >= 11 is 0. The Hall–Kier alpha value is -3.88. The van der Waals surface area contributed by atoms with E-state index < -0.39 is 12.0 Å². The van der Waals surface area contributed by atoms with Crippen LogP contribution >= 0.6 is 0 Å². The van der Waals surface area contributed by atoms with E-state index in [-0.39, 0.29) is 0 Å². The minimum Gasteiger partial charge on any atom is -0.425 e. The smallest absolute Gasteiger partial charge is 0.328 e. The number of ether oxygens (including phenoxy) is 1. The van der Waals surface area contributed by atoms with Gasteiger partial charge in [0.05, 0.1) is 24.1 Å². The summed E-state index contributed by atoms with van der Waals surface area (Å²) < 4.78 is 7.46. The van der Waals surface area contributed by atoms with Gasteiger partial charge in [-0.1, -0.05) is 53.7 Å². The topological polar surface area (TPSA) is 99.2 Å². The standard InChI is InChI=1S/C29H32N6O2/c30-28(17-22-7-2-1-3-8-22)29(36)37-27-11-6-9-24(18-27)23-12-15-34(16-13-23)19-26-21-35(33-32-26)20-25-10-4-5-14-31-25/h1-11,14,18,21,23,28H,12-13,15-17,19-20,30H2. The van der Waals surface area contributed by atoms with Gasteiger partial charge in [-0.2, -0.15) is 0 Å². The molecule has 0 aliphatic carbocycles. The molecule has 0 bridgehead atoms. The zero-order valence-corrected chi connectivity index (χ0v) is 20.8. The number of benzene rings is 2. The predicted molar refractivity (Wildman–Crippen MR) is 141 cm³/mol. The third kappa shape index (κ3) is 6.87. The van der Waals surface area contributed by atoms with E-state index in [1.165, 1.54) is 5.56 Å². The monoisotopic (exact) mass is 496 g/mol. The number of rotatable bonds is 9. The third-order valence-corrected chi connectivity index (χ3v) is 6.76. The van der Waals surface area contributed by atoms with Crippen molar-refractivity contribution in [1.29, 1.82) is 0 Å². The summed E-state index contributed by atoms with van der Waals surface area (Å²) in [5.74, 6) is 0.567. The van der Waals surface area contributed by atoms with Crippen LogP contribution in [-0.2, 0) is 24.3 Å². The van der Waals surface area contributed by atoms with E-state index in [9.17, 15) is 4.79 Å². The van der Waals surface area contributed by atoms with Gasteiger partial charge in [0.1, 0.15) is 11.8 Å². The molecule has 1 aliphatic heterocycles. The molecule has 1 unspecified atom stereocenters. The van der Waals surface area contributed by atoms with Crippen LogP contribution in [0.15, 0.2) is 85.2 Å². The molecule has 0 saturated carbocycles. The molecule has 8 nitrogen and oxygen atoms in total. The molecule has 1 saturated heterocycles. The average molecular weight is 497 g/mol. The lowest BCUT2D eigenvalue weighted by molar-refractivity contribution is -0.135. The summed E-state index contributed by atoms with van der Waals surface area (Å²) in [5, 5.41) is 8.61. The van der Waals surface area contributed by atoms with Gasteiger partial charge in [0.2, 0.25) is 0 Å². The summed E-state index contributed by atoms with van der Waals surface area (Å²) in [7, 11) is 0. The molecule has 8 heteroatoms. The van der Waals surface area contributed by atoms with Gasteiger partial charge in [0.25, 0.3) is 0 Å². The molecule has 3 heterocycles. The zero-order valence-electron chi connectivity index (χ0n) is 20.8. The van der Waals surface area contributed by atoms with Crippen molar-refractivity contribution in [3.8, 4) is 5.75 Å². The molecule has 0 amide bonds. The number of piperidine rings is 1. The van der Waals surface area contributed by atoms with Crippen molar-refractivity contribution < 1.29 is 9.53 Å². The SMILES string of the molecule is NC(Cc1ccccc1)C(=O)Oc1cccc(C2CCN(Cc3cn(Cc4ccccn4)nn3)CC2)c1. The second kappa shape index (κ2) is 11.9. The fourth-order valence-electron chi connectivity index (χ4n) is 4.77.